The Bertz CT molecular complexity index is 1140. The standard InChI is InChI=1S/C14H20N4O.C12H15ClN4/c1-2-19-14-6-5-12(9-16-14)13-10-18(11-17-13)8-4-3-7-15;13-12-4-3-10(7-15-12)11-8-17(9-16-11)6-2-1-5-14/h5-6,9-11H,2-4,7-8,15H2,1H3;3-4,7-9H,1-2,5-6,14H2. The molecule has 0 aliphatic rings. The van der Waals surface area contributed by atoms with Crippen molar-refractivity contribution in [2.45, 2.75) is 45.7 Å². The number of ether oxygens (including phenoxy) is 1. The van der Waals surface area contributed by atoms with Crippen molar-refractivity contribution < 1.29 is 4.74 Å². The summed E-state index contributed by atoms with van der Waals surface area (Å²) in [6.07, 6.45) is 15.5. The van der Waals surface area contributed by atoms with Gasteiger partial charge in [-0.3, -0.25) is 0 Å². The molecule has 4 N–H and O–H groups in total. The SMILES string of the molecule is CCOc1ccc(-c2cn(CCCCN)cn2)cn1.NCCCCn1cnc(-c2ccc(Cl)nc2)c1. The topological polar surface area (TPSA) is 123 Å². The van der Waals surface area contributed by atoms with E-state index in [1.54, 1.807) is 18.5 Å². The van der Waals surface area contributed by atoms with Gasteiger partial charge < -0.3 is 25.3 Å². The number of aromatic nitrogens is 6. The lowest BCUT2D eigenvalue weighted by Gasteiger charge is -2.02. The van der Waals surface area contributed by atoms with Crippen LogP contribution < -0.4 is 16.2 Å². The summed E-state index contributed by atoms with van der Waals surface area (Å²) in [5.74, 6) is 0.647. The van der Waals surface area contributed by atoms with Crippen LogP contribution in [0.3, 0.4) is 0 Å². The average molecular weight is 511 g/mol. The molecule has 0 aliphatic heterocycles. The number of halogens is 1. The molecule has 192 valence electrons. The Labute approximate surface area is 217 Å². The van der Waals surface area contributed by atoms with Gasteiger partial charge in [-0.25, -0.2) is 19.9 Å². The zero-order chi connectivity index (χ0) is 25.6. The fourth-order valence-electron chi connectivity index (χ4n) is 3.43. The number of imidazole rings is 2. The van der Waals surface area contributed by atoms with Crippen LogP contribution in [0.2, 0.25) is 5.15 Å². The van der Waals surface area contributed by atoms with Gasteiger partial charge in [-0.05, 0) is 63.9 Å². The summed E-state index contributed by atoms with van der Waals surface area (Å²) in [6.45, 7) is 5.95. The van der Waals surface area contributed by atoms with Crippen molar-refractivity contribution in [3.63, 3.8) is 0 Å². The summed E-state index contributed by atoms with van der Waals surface area (Å²) in [6, 6.07) is 7.53. The number of hydrogen-bond acceptors (Lipinski definition) is 7. The van der Waals surface area contributed by atoms with E-state index in [0.717, 1.165) is 74.4 Å². The molecule has 0 saturated heterocycles. The van der Waals surface area contributed by atoms with E-state index in [1.165, 1.54) is 0 Å². The van der Waals surface area contributed by atoms with Crippen LogP contribution in [0.1, 0.15) is 32.6 Å². The Morgan fingerprint density at radius 1 is 0.750 bits per heavy atom. The molecule has 0 aliphatic carbocycles. The first-order valence-corrected chi connectivity index (χ1v) is 12.7. The maximum Gasteiger partial charge on any atom is 0.213 e. The third-order valence-electron chi connectivity index (χ3n) is 5.35. The number of nitrogens with zero attached hydrogens (tertiary/aromatic N) is 6. The molecule has 10 heteroatoms. The highest BCUT2D eigenvalue weighted by molar-refractivity contribution is 6.29. The van der Waals surface area contributed by atoms with E-state index in [0.29, 0.717) is 17.6 Å². The van der Waals surface area contributed by atoms with Crippen molar-refractivity contribution in [2.24, 2.45) is 11.5 Å². The average Bonchev–Trinajstić information content (AvgIpc) is 3.56. The van der Waals surface area contributed by atoms with Crippen LogP contribution in [-0.2, 0) is 13.1 Å². The van der Waals surface area contributed by atoms with Crippen molar-refractivity contribution in [3.05, 3.63) is 66.9 Å². The summed E-state index contributed by atoms with van der Waals surface area (Å²) in [7, 11) is 0. The first-order valence-electron chi connectivity index (χ1n) is 12.3. The van der Waals surface area contributed by atoms with Crippen molar-refractivity contribution in [1.29, 1.82) is 0 Å². The molecule has 9 nitrogen and oxygen atoms in total. The first-order chi connectivity index (χ1) is 17.6. The van der Waals surface area contributed by atoms with Gasteiger partial charge in [-0.2, -0.15) is 0 Å². The minimum atomic E-state index is 0.496. The van der Waals surface area contributed by atoms with Gasteiger partial charge in [0.15, 0.2) is 0 Å². The molecule has 4 aromatic rings. The second-order valence-corrected chi connectivity index (χ2v) is 8.56. The predicted octanol–water partition coefficient (Wildman–Crippen LogP) is 4.42. The Balaban J connectivity index is 0.000000202. The lowest BCUT2D eigenvalue weighted by molar-refractivity contribution is 0.327. The molecule has 0 aromatic carbocycles. The zero-order valence-electron chi connectivity index (χ0n) is 20.8. The van der Waals surface area contributed by atoms with Gasteiger partial charge in [0.25, 0.3) is 0 Å². The lowest BCUT2D eigenvalue weighted by Crippen LogP contribution is -2.01. The second-order valence-electron chi connectivity index (χ2n) is 8.17. The Hall–Kier alpha value is -3.27. The Morgan fingerprint density at radius 2 is 1.31 bits per heavy atom. The highest BCUT2D eigenvalue weighted by Crippen LogP contribution is 2.19. The Kier molecular flexibility index (Phi) is 11.4. The molecule has 0 spiro atoms. The quantitative estimate of drug-likeness (QED) is 0.213. The van der Waals surface area contributed by atoms with E-state index in [1.807, 2.05) is 50.2 Å². The van der Waals surface area contributed by atoms with Gasteiger partial charge in [0.2, 0.25) is 5.88 Å². The summed E-state index contributed by atoms with van der Waals surface area (Å²) >= 11 is 5.74. The van der Waals surface area contributed by atoms with Gasteiger partial charge in [-0.1, -0.05) is 11.6 Å². The molecule has 0 saturated carbocycles. The van der Waals surface area contributed by atoms with Gasteiger partial charge in [0.05, 0.1) is 30.6 Å². The largest absolute Gasteiger partial charge is 0.478 e. The summed E-state index contributed by atoms with van der Waals surface area (Å²) in [4.78, 5) is 17.0. The number of pyridine rings is 2. The molecule has 36 heavy (non-hydrogen) atoms. The van der Waals surface area contributed by atoms with Gasteiger partial charge >= 0.3 is 0 Å². The van der Waals surface area contributed by atoms with E-state index >= 15 is 0 Å². The molecule has 4 heterocycles. The summed E-state index contributed by atoms with van der Waals surface area (Å²) in [5, 5.41) is 0.496. The molecule has 4 rings (SSSR count). The fraction of sp³-hybridized carbons (Fsp3) is 0.385. The van der Waals surface area contributed by atoms with Crippen LogP contribution >= 0.6 is 11.6 Å². The molecular weight excluding hydrogens is 476 g/mol. The second kappa shape index (κ2) is 15.0. The van der Waals surface area contributed by atoms with Crippen molar-refractivity contribution in [3.8, 4) is 28.4 Å². The highest BCUT2D eigenvalue weighted by Gasteiger charge is 2.04. The van der Waals surface area contributed by atoms with Crippen molar-refractivity contribution >= 4 is 11.6 Å². The van der Waals surface area contributed by atoms with Crippen molar-refractivity contribution in [1.82, 2.24) is 29.1 Å². The fourth-order valence-corrected chi connectivity index (χ4v) is 3.54. The van der Waals surface area contributed by atoms with Gasteiger partial charge in [0.1, 0.15) is 5.15 Å². The number of unbranched alkanes of at least 4 members (excludes halogenated alkanes) is 2. The van der Waals surface area contributed by atoms with Crippen LogP contribution in [-0.4, -0.2) is 48.8 Å². The molecule has 0 radical (unpaired) electrons. The maximum atomic E-state index is 5.74. The van der Waals surface area contributed by atoms with E-state index in [9.17, 15) is 0 Å². The molecule has 0 amide bonds. The third kappa shape index (κ3) is 8.75. The number of rotatable bonds is 12. The van der Waals surface area contributed by atoms with E-state index in [4.69, 9.17) is 27.8 Å². The predicted molar refractivity (Wildman–Crippen MR) is 144 cm³/mol. The van der Waals surface area contributed by atoms with Crippen LogP contribution in [0.25, 0.3) is 22.5 Å². The van der Waals surface area contributed by atoms with Crippen LogP contribution in [0, 0.1) is 0 Å². The monoisotopic (exact) mass is 510 g/mol. The molecule has 0 atom stereocenters. The zero-order valence-corrected chi connectivity index (χ0v) is 21.5. The van der Waals surface area contributed by atoms with E-state index in [-0.39, 0.29) is 0 Å². The van der Waals surface area contributed by atoms with E-state index in [2.05, 4.69) is 29.1 Å². The first kappa shape index (κ1) is 27.3. The smallest absolute Gasteiger partial charge is 0.213 e. The van der Waals surface area contributed by atoms with Gasteiger partial charge in [0, 0.05) is 55.1 Å². The molecule has 4 aromatic heterocycles. The molecule has 0 fully saturated rings. The Morgan fingerprint density at radius 3 is 1.75 bits per heavy atom. The van der Waals surface area contributed by atoms with Crippen LogP contribution in [0.15, 0.2) is 61.7 Å². The number of hydrogen-bond donors (Lipinski definition) is 2. The normalized spacial score (nSPS) is 10.7. The molecular formula is C26H35ClN8O. The van der Waals surface area contributed by atoms with Gasteiger partial charge in [-0.15, -0.1) is 0 Å². The summed E-state index contributed by atoms with van der Waals surface area (Å²) < 4.78 is 9.47. The summed E-state index contributed by atoms with van der Waals surface area (Å²) in [5.41, 5.74) is 14.8. The van der Waals surface area contributed by atoms with Crippen molar-refractivity contribution in [2.75, 3.05) is 19.7 Å². The van der Waals surface area contributed by atoms with Crippen LogP contribution in [0.4, 0.5) is 0 Å². The maximum absolute atomic E-state index is 5.74. The minimum Gasteiger partial charge on any atom is -0.478 e. The minimum absolute atomic E-state index is 0.496. The highest BCUT2D eigenvalue weighted by atomic mass is 35.5. The number of nitrogens with two attached hydrogens (primary N) is 2. The number of aryl methyl sites for hydroxylation is 2. The van der Waals surface area contributed by atoms with E-state index < -0.39 is 0 Å². The lowest BCUT2D eigenvalue weighted by atomic mass is 10.2. The molecule has 0 bridgehead atoms. The molecule has 0 unspecified atom stereocenters. The third-order valence-corrected chi connectivity index (χ3v) is 5.58. The van der Waals surface area contributed by atoms with Crippen LogP contribution in [0.5, 0.6) is 5.88 Å².